The standard InChI is InChI=1S/C33H52N8O13P2Si2/c1-32(2,3)57(7,8)53-24-20-14-48-55(43,44)51-23-19(13-47-56(45,46)52-25(24)30(50-20)40-16-38-21-18(40)11-12-35-29(21)42)49-31(26(23)54-58(9,10)33(4,5)6)41-17-39-22-27(34)36-15-37-28(22)41/h11-12,15-17,19-20,23-26,30-31H,13-14H2,1-10H3,(H,35,42)(H,43,44)(H,45,46)(H2,34,36,37)/t19-,20-,23-,24-,25-,26-,30-,31-/m1/s1. The molecule has 0 spiro atoms. The maximum atomic E-state index is 14.2. The zero-order valence-electron chi connectivity index (χ0n) is 34.0. The van der Waals surface area contributed by atoms with Crippen LogP contribution in [0.1, 0.15) is 54.0 Å². The number of rotatable bonds is 6. The van der Waals surface area contributed by atoms with E-state index in [1.165, 1.54) is 34.3 Å². The van der Waals surface area contributed by atoms with Crippen LogP contribution >= 0.6 is 15.6 Å². The van der Waals surface area contributed by atoms with Crippen LogP contribution in [0.3, 0.4) is 0 Å². The molecule has 0 radical (unpaired) electrons. The Kier molecular flexibility index (Phi) is 11.2. The van der Waals surface area contributed by atoms with Gasteiger partial charge in [0, 0.05) is 6.20 Å². The van der Waals surface area contributed by atoms with E-state index < -0.39 is 100 Å². The van der Waals surface area contributed by atoms with Crippen molar-refractivity contribution in [2.24, 2.45) is 0 Å². The van der Waals surface area contributed by atoms with Crippen molar-refractivity contribution >= 4 is 60.3 Å². The number of fused-ring (bicyclic) bond motifs is 5. The molecule has 4 aromatic heterocycles. The average Bonchev–Trinajstić information content (AvgIpc) is 3.87. The predicted molar refractivity (Wildman–Crippen MR) is 213 cm³/mol. The second kappa shape index (κ2) is 15.0. The summed E-state index contributed by atoms with van der Waals surface area (Å²) < 4.78 is 81.4. The second-order valence-corrected chi connectivity index (χ2v) is 30.1. The van der Waals surface area contributed by atoms with Gasteiger partial charge in [0.2, 0.25) is 0 Å². The minimum atomic E-state index is -5.09. The molecule has 5 N–H and O–H groups in total. The minimum Gasteiger partial charge on any atom is -0.408 e. The number of nitrogens with two attached hydrogens (primary N) is 1. The average molecular weight is 887 g/mol. The molecule has 4 aromatic rings. The van der Waals surface area contributed by atoms with E-state index in [4.69, 9.17) is 42.2 Å². The number of aromatic amines is 1. The van der Waals surface area contributed by atoms with Crippen LogP contribution < -0.4 is 11.3 Å². The fourth-order valence-electron chi connectivity index (χ4n) is 6.61. The van der Waals surface area contributed by atoms with Crippen LogP contribution in [0.2, 0.25) is 36.3 Å². The molecule has 320 valence electrons. The Morgan fingerprint density at radius 2 is 1.34 bits per heavy atom. The summed E-state index contributed by atoms with van der Waals surface area (Å²) in [5.41, 5.74) is 6.57. The van der Waals surface area contributed by atoms with Gasteiger partial charge in [-0.3, -0.25) is 27.5 Å². The van der Waals surface area contributed by atoms with E-state index >= 15 is 0 Å². The van der Waals surface area contributed by atoms with Gasteiger partial charge in [-0.05, 0) is 42.3 Å². The molecule has 3 saturated heterocycles. The first-order valence-electron chi connectivity index (χ1n) is 18.7. The molecule has 7 heterocycles. The molecule has 3 fully saturated rings. The number of anilines is 1. The maximum Gasteiger partial charge on any atom is 0.472 e. The summed E-state index contributed by atoms with van der Waals surface area (Å²) in [6.07, 6.45) is -4.58. The summed E-state index contributed by atoms with van der Waals surface area (Å²) in [6, 6.07) is 1.58. The number of imidazole rings is 2. The quantitative estimate of drug-likeness (QED) is 0.150. The van der Waals surface area contributed by atoms with Gasteiger partial charge in [-0.2, -0.15) is 0 Å². The molecule has 0 aromatic carbocycles. The number of pyridine rings is 1. The number of hydrogen-bond donors (Lipinski definition) is 4. The summed E-state index contributed by atoms with van der Waals surface area (Å²) in [4.78, 5) is 55.2. The van der Waals surface area contributed by atoms with Crippen LogP contribution in [-0.4, -0.2) is 110 Å². The number of aromatic nitrogens is 7. The smallest absolute Gasteiger partial charge is 0.408 e. The van der Waals surface area contributed by atoms with Crippen molar-refractivity contribution in [1.82, 2.24) is 34.1 Å². The highest BCUT2D eigenvalue weighted by molar-refractivity contribution is 7.47. The Balaban J connectivity index is 1.30. The Morgan fingerprint density at radius 3 is 1.98 bits per heavy atom. The van der Waals surface area contributed by atoms with Crippen LogP contribution in [0.15, 0.2) is 36.0 Å². The number of nitrogens with one attached hydrogen (secondary N) is 1. The zero-order chi connectivity index (χ0) is 42.4. The van der Waals surface area contributed by atoms with E-state index in [9.17, 15) is 23.7 Å². The van der Waals surface area contributed by atoms with E-state index in [0.717, 1.165) is 0 Å². The Morgan fingerprint density at radius 1 is 0.793 bits per heavy atom. The number of nitrogens with zero attached hydrogens (tertiary/aromatic N) is 6. The van der Waals surface area contributed by atoms with Crippen molar-refractivity contribution in [2.45, 2.75) is 127 Å². The van der Waals surface area contributed by atoms with Crippen LogP contribution in [0.25, 0.3) is 22.2 Å². The van der Waals surface area contributed by atoms with Gasteiger partial charge in [-0.25, -0.2) is 29.1 Å². The molecule has 21 nitrogen and oxygen atoms in total. The number of nitrogen functional groups attached to an aromatic ring is 1. The Hall–Kier alpha value is -2.74. The third-order valence-corrected chi connectivity index (χ3v) is 22.7. The monoisotopic (exact) mass is 886 g/mol. The molecule has 7 rings (SSSR count). The summed E-state index contributed by atoms with van der Waals surface area (Å²) in [5, 5.41) is -0.718. The first kappa shape index (κ1) is 43.4. The van der Waals surface area contributed by atoms with Crippen LogP contribution in [-0.2, 0) is 45.6 Å². The summed E-state index contributed by atoms with van der Waals surface area (Å²) in [7, 11) is -15.6. The first-order chi connectivity index (χ1) is 26.8. The van der Waals surface area contributed by atoms with Crippen LogP contribution in [0, 0.1) is 0 Å². The van der Waals surface area contributed by atoms with Gasteiger partial charge >= 0.3 is 15.6 Å². The van der Waals surface area contributed by atoms with Crippen LogP contribution in [0.5, 0.6) is 0 Å². The third kappa shape index (κ3) is 8.19. The summed E-state index contributed by atoms with van der Waals surface area (Å²) >= 11 is 0. The van der Waals surface area contributed by atoms with Gasteiger partial charge in [0.05, 0.1) is 31.4 Å². The highest BCUT2D eigenvalue weighted by Crippen LogP contribution is 2.56. The predicted octanol–water partition coefficient (Wildman–Crippen LogP) is 4.74. The molecular formula is C33H52N8O13P2Si2. The van der Waals surface area contributed by atoms with Gasteiger partial charge in [0.1, 0.15) is 48.5 Å². The van der Waals surface area contributed by atoms with E-state index in [1.807, 2.05) is 67.7 Å². The van der Waals surface area contributed by atoms with Gasteiger partial charge in [-0.1, -0.05) is 41.5 Å². The molecule has 3 aliphatic rings. The molecule has 10 atom stereocenters. The lowest BCUT2D eigenvalue weighted by molar-refractivity contribution is -0.0670. The normalized spacial score (nSPS) is 33.2. The topological polar surface area (TPSA) is 269 Å². The van der Waals surface area contributed by atoms with Crippen molar-refractivity contribution < 1.29 is 55.3 Å². The highest BCUT2D eigenvalue weighted by Gasteiger charge is 2.58. The number of hydrogen-bond acceptors (Lipinski definition) is 16. The van der Waals surface area contributed by atoms with E-state index in [-0.39, 0.29) is 32.6 Å². The minimum absolute atomic E-state index is 0.0748. The third-order valence-electron chi connectivity index (χ3n) is 11.8. The van der Waals surface area contributed by atoms with Gasteiger partial charge in [-0.15, -0.1) is 0 Å². The molecule has 58 heavy (non-hydrogen) atoms. The second-order valence-electron chi connectivity index (χ2n) is 17.8. The Labute approximate surface area is 336 Å². The van der Waals surface area contributed by atoms with Gasteiger partial charge in [0.25, 0.3) is 5.56 Å². The van der Waals surface area contributed by atoms with Crippen molar-refractivity contribution in [3.63, 3.8) is 0 Å². The molecule has 0 saturated carbocycles. The molecule has 25 heteroatoms. The van der Waals surface area contributed by atoms with Crippen molar-refractivity contribution in [2.75, 3.05) is 18.9 Å². The Bertz CT molecular complexity index is 2330. The van der Waals surface area contributed by atoms with Crippen molar-refractivity contribution in [3.05, 3.63) is 41.6 Å². The SMILES string of the molecule is CC(C)(C)[Si](C)(C)O[C@@H]1[C@@H]2OP(=O)(O)OC[C@H]3O[C@@H](n4cnc5c(=O)[nH]ccc54)[C@H](OP(=O)(O)OC[C@H]2O[C@H]1n1cnc2c(N)ncnc21)[C@@H]3O[Si](C)(C)C(C)(C)C. The van der Waals surface area contributed by atoms with Crippen molar-refractivity contribution in [3.8, 4) is 0 Å². The van der Waals surface area contributed by atoms with Gasteiger partial charge < -0.3 is 43.4 Å². The lowest BCUT2D eigenvalue weighted by atomic mass is 10.1. The van der Waals surface area contributed by atoms with Gasteiger partial charge in [0.15, 0.2) is 46.1 Å². The zero-order valence-corrected chi connectivity index (χ0v) is 37.7. The van der Waals surface area contributed by atoms with Crippen molar-refractivity contribution in [1.29, 1.82) is 0 Å². The molecule has 0 amide bonds. The number of ether oxygens (including phenoxy) is 2. The first-order valence-corrected chi connectivity index (χ1v) is 27.6. The van der Waals surface area contributed by atoms with E-state index in [0.29, 0.717) is 5.52 Å². The lowest BCUT2D eigenvalue weighted by Gasteiger charge is -2.40. The largest absolute Gasteiger partial charge is 0.472 e. The number of H-pyrrole nitrogens is 1. The fourth-order valence-corrected chi connectivity index (χ4v) is 11.1. The van der Waals surface area contributed by atoms with E-state index in [2.05, 4.69) is 24.9 Å². The summed E-state index contributed by atoms with van der Waals surface area (Å²) in [5.74, 6) is 0.110. The molecular weight excluding hydrogens is 835 g/mol. The lowest BCUT2D eigenvalue weighted by Crippen LogP contribution is -2.50. The number of phosphoric acid groups is 2. The molecule has 0 aliphatic carbocycles. The summed E-state index contributed by atoms with van der Waals surface area (Å²) in [6.45, 7) is 18.7. The van der Waals surface area contributed by atoms with E-state index in [1.54, 1.807) is 6.07 Å². The molecule has 2 bridgehead atoms. The highest BCUT2D eigenvalue weighted by atomic mass is 31.2. The molecule has 3 aliphatic heterocycles. The fraction of sp³-hybridized carbons (Fsp3) is 0.667. The van der Waals surface area contributed by atoms with Crippen LogP contribution in [0.4, 0.5) is 5.82 Å². The maximum absolute atomic E-state index is 14.2. The number of phosphoric ester groups is 2. The molecule has 2 unspecified atom stereocenters.